The standard InChI is InChI=1S/C20H23FN3O7/c1-11(2)10-16(27)31-22-24(14-6-7-15(26)23(8-9-25)18(14)28)19(29)12-4-3-5-13(21)17(12)20(24)30/h3-5,11,14,22,25H,6-10H2,1-2H3/q+1/t14?,24-/m0/s1. The summed E-state index contributed by atoms with van der Waals surface area (Å²) in [6.07, 6.45) is -0.455. The van der Waals surface area contributed by atoms with Crippen molar-refractivity contribution in [2.75, 3.05) is 13.2 Å². The molecule has 4 amide bonds. The molecule has 1 unspecified atom stereocenters. The lowest BCUT2D eigenvalue weighted by Gasteiger charge is -2.38. The number of hydrogen-bond donors (Lipinski definition) is 2. The fourth-order valence-corrected chi connectivity index (χ4v) is 3.82. The third-order valence-electron chi connectivity index (χ3n) is 5.25. The van der Waals surface area contributed by atoms with E-state index in [2.05, 4.69) is 5.59 Å². The number of carbonyl (C=O) groups excluding carboxylic acids is 5. The number of nitrogens with one attached hydrogen (secondary N) is 1. The summed E-state index contributed by atoms with van der Waals surface area (Å²) in [5, 5.41) is 9.19. The minimum atomic E-state index is -1.51. The van der Waals surface area contributed by atoms with Gasteiger partial charge in [0.1, 0.15) is 16.9 Å². The zero-order chi connectivity index (χ0) is 22.9. The van der Waals surface area contributed by atoms with Gasteiger partial charge in [0.05, 0.1) is 13.2 Å². The first-order chi connectivity index (χ1) is 14.6. The van der Waals surface area contributed by atoms with Crippen LogP contribution in [0.4, 0.5) is 4.39 Å². The van der Waals surface area contributed by atoms with E-state index in [-0.39, 0.29) is 37.3 Å². The van der Waals surface area contributed by atoms with Gasteiger partial charge in [0, 0.05) is 24.9 Å². The van der Waals surface area contributed by atoms with Crippen LogP contribution in [0.1, 0.15) is 53.8 Å². The minimum absolute atomic E-state index is 0.0373. The third kappa shape index (κ3) is 3.75. The number of fused-ring (bicyclic) bond motifs is 1. The molecular weight excluding hydrogens is 413 g/mol. The number of quaternary nitrogens is 1. The highest BCUT2D eigenvalue weighted by Crippen LogP contribution is 2.36. The van der Waals surface area contributed by atoms with Crippen LogP contribution in [0.2, 0.25) is 0 Å². The van der Waals surface area contributed by atoms with Crippen LogP contribution in [0.5, 0.6) is 0 Å². The number of halogens is 1. The van der Waals surface area contributed by atoms with Crippen LogP contribution in [0.25, 0.3) is 0 Å². The number of hydrogen-bond acceptors (Lipinski definition) is 8. The van der Waals surface area contributed by atoms with E-state index < -0.39 is 58.2 Å². The van der Waals surface area contributed by atoms with Crippen molar-refractivity contribution < 1.29 is 42.9 Å². The molecule has 1 saturated heterocycles. The first-order valence-electron chi connectivity index (χ1n) is 9.84. The maximum Gasteiger partial charge on any atom is 0.380 e. The van der Waals surface area contributed by atoms with Gasteiger partial charge in [-0.15, -0.1) is 0 Å². The first kappa shape index (κ1) is 22.7. The lowest BCUT2D eigenvalue weighted by Crippen LogP contribution is -2.72. The van der Waals surface area contributed by atoms with Crippen molar-refractivity contribution in [2.45, 2.75) is 39.2 Å². The summed E-state index contributed by atoms with van der Waals surface area (Å²) < 4.78 is 12.9. The summed E-state index contributed by atoms with van der Waals surface area (Å²) in [6.45, 7) is 2.67. The fourth-order valence-electron chi connectivity index (χ4n) is 3.82. The van der Waals surface area contributed by atoms with Gasteiger partial charge in [-0.05, 0) is 18.1 Å². The van der Waals surface area contributed by atoms with Gasteiger partial charge in [-0.25, -0.2) is 14.0 Å². The highest BCUT2D eigenvalue weighted by molar-refractivity contribution is 6.15. The van der Waals surface area contributed by atoms with Gasteiger partial charge < -0.3 is 9.94 Å². The molecule has 0 radical (unpaired) electrons. The fraction of sp³-hybridized carbons (Fsp3) is 0.450. The van der Waals surface area contributed by atoms with Crippen molar-refractivity contribution in [3.63, 3.8) is 0 Å². The molecule has 2 N–H and O–H groups in total. The number of benzene rings is 1. The molecule has 0 spiro atoms. The molecule has 166 valence electrons. The van der Waals surface area contributed by atoms with Gasteiger partial charge in [-0.3, -0.25) is 19.3 Å². The molecule has 3 rings (SSSR count). The summed E-state index contributed by atoms with van der Waals surface area (Å²) in [5.41, 5.74) is 1.36. The van der Waals surface area contributed by atoms with Crippen LogP contribution in [-0.4, -0.2) is 63.4 Å². The first-order valence-corrected chi connectivity index (χ1v) is 9.84. The highest BCUT2D eigenvalue weighted by atomic mass is 19.1. The highest BCUT2D eigenvalue weighted by Gasteiger charge is 2.65. The minimum Gasteiger partial charge on any atom is -0.395 e. The molecule has 1 fully saturated rings. The Bertz CT molecular complexity index is 964. The van der Waals surface area contributed by atoms with Crippen molar-refractivity contribution in [1.82, 2.24) is 10.5 Å². The van der Waals surface area contributed by atoms with E-state index in [1.54, 1.807) is 13.8 Å². The van der Waals surface area contributed by atoms with Crippen molar-refractivity contribution in [3.8, 4) is 0 Å². The van der Waals surface area contributed by atoms with Gasteiger partial charge in [-0.1, -0.05) is 24.5 Å². The van der Waals surface area contributed by atoms with E-state index in [1.165, 1.54) is 12.1 Å². The number of nitrogens with zero attached hydrogens (tertiary/aromatic N) is 2. The van der Waals surface area contributed by atoms with Crippen LogP contribution < -0.4 is 5.59 Å². The maximum absolute atomic E-state index is 14.5. The Morgan fingerprint density at radius 2 is 2.00 bits per heavy atom. The number of carbonyl (C=O) groups is 5. The average molecular weight is 436 g/mol. The Labute approximate surface area is 177 Å². The molecule has 2 atom stereocenters. The van der Waals surface area contributed by atoms with Gasteiger partial charge >= 0.3 is 17.8 Å². The molecule has 0 bridgehead atoms. The molecule has 11 heteroatoms. The molecule has 31 heavy (non-hydrogen) atoms. The SMILES string of the molecule is CC(C)CC(=O)ON[N@@+]1(C2CCC(=O)N(CCO)C2=O)C(=O)c2cccc(F)c2C1=O. The second kappa shape index (κ2) is 8.61. The van der Waals surface area contributed by atoms with Gasteiger partial charge in [-0.2, -0.15) is 0 Å². The topological polar surface area (TPSA) is 130 Å². The monoisotopic (exact) mass is 436 g/mol. The molecule has 10 nitrogen and oxygen atoms in total. The Hall–Kier alpha value is -3.02. The Morgan fingerprint density at radius 1 is 1.29 bits per heavy atom. The number of imide groups is 2. The van der Waals surface area contributed by atoms with Crippen molar-refractivity contribution in [1.29, 1.82) is 0 Å². The summed E-state index contributed by atoms with van der Waals surface area (Å²) in [6, 6.07) is 1.98. The largest absolute Gasteiger partial charge is 0.395 e. The maximum atomic E-state index is 14.5. The normalized spacial score (nSPS) is 23.5. The number of aliphatic hydroxyl groups excluding tert-OH is 1. The van der Waals surface area contributed by atoms with E-state index >= 15 is 0 Å². The van der Waals surface area contributed by atoms with E-state index in [4.69, 9.17) is 4.84 Å². The van der Waals surface area contributed by atoms with Gasteiger partial charge in [0.2, 0.25) is 11.9 Å². The van der Waals surface area contributed by atoms with Crippen LogP contribution in [0.15, 0.2) is 18.2 Å². The van der Waals surface area contributed by atoms with E-state index in [0.717, 1.165) is 11.0 Å². The van der Waals surface area contributed by atoms with Crippen LogP contribution in [-0.2, 0) is 19.2 Å². The Morgan fingerprint density at radius 3 is 2.61 bits per heavy atom. The zero-order valence-electron chi connectivity index (χ0n) is 17.1. The Balaban J connectivity index is 2.06. The number of piperidine rings is 1. The third-order valence-corrected chi connectivity index (χ3v) is 5.25. The molecule has 0 aromatic heterocycles. The smallest absolute Gasteiger partial charge is 0.380 e. The zero-order valence-corrected chi connectivity index (χ0v) is 17.1. The lowest BCUT2D eigenvalue weighted by molar-refractivity contribution is -0.858. The van der Waals surface area contributed by atoms with Gasteiger partial charge in [0.25, 0.3) is 5.91 Å². The van der Waals surface area contributed by atoms with Crippen LogP contribution in [0.3, 0.4) is 0 Å². The molecule has 1 aromatic rings. The molecule has 2 aliphatic rings. The molecule has 0 aliphatic carbocycles. The number of amides is 4. The second-order valence-corrected chi connectivity index (χ2v) is 7.82. The summed E-state index contributed by atoms with van der Waals surface area (Å²) in [5.74, 6) is -5.40. The predicted molar refractivity (Wildman–Crippen MR) is 101 cm³/mol. The number of aliphatic hydroxyl groups is 1. The number of rotatable bonds is 7. The summed E-state index contributed by atoms with van der Waals surface area (Å²) in [7, 11) is 0. The second-order valence-electron chi connectivity index (χ2n) is 7.82. The van der Waals surface area contributed by atoms with Crippen molar-refractivity contribution in [3.05, 3.63) is 35.1 Å². The van der Waals surface area contributed by atoms with Crippen molar-refractivity contribution >= 4 is 29.6 Å². The molecule has 1 aromatic carbocycles. The molecule has 2 heterocycles. The molecular formula is C20H23FN3O7+. The number of β-amino-alcohol motifs (C(OH)–C–C–N with tert-alkyl or cyclic N) is 1. The van der Waals surface area contributed by atoms with E-state index in [9.17, 15) is 33.5 Å². The number of likely N-dealkylation sites (tertiary alicyclic amines) is 1. The molecule has 0 saturated carbocycles. The molecule has 2 aliphatic heterocycles. The van der Waals surface area contributed by atoms with Crippen LogP contribution >= 0.6 is 0 Å². The van der Waals surface area contributed by atoms with E-state index in [0.29, 0.717) is 0 Å². The lowest BCUT2D eigenvalue weighted by atomic mass is 10.0. The quantitative estimate of drug-likeness (QED) is 0.358. The summed E-state index contributed by atoms with van der Waals surface area (Å²) >= 11 is 0. The van der Waals surface area contributed by atoms with Crippen LogP contribution in [0, 0.1) is 11.7 Å². The van der Waals surface area contributed by atoms with E-state index in [1.807, 2.05) is 0 Å². The van der Waals surface area contributed by atoms with Gasteiger partial charge in [0.15, 0.2) is 0 Å². The Kier molecular flexibility index (Phi) is 6.30. The summed E-state index contributed by atoms with van der Waals surface area (Å²) in [4.78, 5) is 69.7. The average Bonchev–Trinajstić information content (AvgIpc) is 2.92. The van der Waals surface area contributed by atoms with Crippen molar-refractivity contribution in [2.24, 2.45) is 5.92 Å². The predicted octanol–water partition coefficient (Wildman–Crippen LogP) is 0.455.